The molecule has 1 aliphatic rings. The Hall–Kier alpha value is -0.0400. The summed E-state index contributed by atoms with van der Waals surface area (Å²) in [5, 5.41) is 3.64. The molecule has 1 N–H and O–H groups in total. The van der Waals surface area contributed by atoms with Gasteiger partial charge in [0.05, 0.1) is 0 Å². The molecule has 1 fully saturated rings. The van der Waals surface area contributed by atoms with Crippen molar-refractivity contribution < 1.29 is 0 Å². The van der Waals surface area contributed by atoms with Crippen molar-refractivity contribution >= 4 is 0 Å². The molecule has 0 saturated heterocycles. The van der Waals surface area contributed by atoms with Gasteiger partial charge >= 0.3 is 0 Å². The molecule has 0 aromatic heterocycles. The van der Waals surface area contributed by atoms with Crippen molar-refractivity contribution in [2.45, 2.75) is 66.2 Å². The van der Waals surface area contributed by atoms with E-state index in [1.807, 2.05) is 0 Å². The summed E-state index contributed by atoms with van der Waals surface area (Å²) >= 11 is 0. The Morgan fingerprint density at radius 3 is 2.59 bits per heavy atom. The van der Waals surface area contributed by atoms with Crippen LogP contribution in [0.5, 0.6) is 0 Å². The molecule has 0 heterocycles. The molecule has 1 saturated carbocycles. The Bertz CT molecular complexity index is 190. The number of rotatable bonds is 7. The number of hydrogen-bond acceptors (Lipinski definition) is 1. The van der Waals surface area contributed by atoms with E-state index in [4.69, 9.17) is 0 Å². The van der Waals surface area contributed by atoms with Crippen molar-refractivity contribution in [1.29, 1.82) is 0 Å². The first-order valence-electron chi connectivity index (χ1n) is 7.88. The maximum Gasteiger partial charge on any atom is -0.00179 e. The predicted molar refractivity (Wildman–Crippen MR) is 77.2 cm³/mol. The van der Waals surface area contributed by atoms with E-state index in [2.05, 4.69) is 33.0 Å². The van der Waals surface area contributed by atoms with Crippen molar-refractivity contribution in [3.8, 4) is 0 Å². The second-order valence-electron chi connectivity index (χ2n) is 6.39. The van der Waals surface area contributed by atoms with E-state index in [0.717, 1.165) is 23.7 Å². The fourth-order valence-electron chi connectivity index (χ4n) is 3.27. The zero-order valence-electron chi connectivity index (χ0n) is 12.5. The highest BCUT2D eigenvalue weighted by molar-refractivity contribution is 4.81. The molecular formula is C16H33N. The SMILES string of the molecule is CCCNCC1CCC(C)CC1CC(C)CC. The van der Waals surface area contributed by atoms with Gasteiger partial charge in [0.25, 0.3) is 0 Å². The van der Waals surface area contributed by atoms with Crippen molar-refractivity contribution in [3.05, 3.63) is 0 Å². The largest absolute Gasteiger partial charge is 0.316 e. The quantitative estimate of drug-likeness (QED) is 0.646. The molecule has 4 atom stereocenters. The Kier molecular flexibility index (Phi) is 7.18. The minimum atomic E-state index is 0.916. The molecule has 1 nitrogen and oxygen atoms in total. The third kappa shape index (κ3) is 5.42. The van der Waals surface area contributed by atoms with Gasteiger partial charge in [0.2, 0.25) is 0 Å². The minimum Gasteiger partial charge on any atom is -0.316 e. The van der Waals surface area contributed by atoms with Crippen LogP contribution >= 0.6 is 0 Å². The topological polar surface area (TPSA) is 12.0 Å². The van der Waals surface area contributed by atoms with E-state index < -0.39 is 0 Å². The average Bonchev–Trinajstić information content (AvgIpc) is 2.32. The molecule has 17 heavy (non-hydrogen) atoms. The molecule has 0 aromatic rings. The normalized spacial score (nSPS) is 31.4. The maximum absolute atomic E-state index is 3.64. The highest BCUT2D eigenvalue weighted by atomic mass is 14.9. The molecule has 0 spiro atoms. The van der Waals surface area contributed by atoms with Crippen LogP contribution in [0.4, 0.5) is 0 Å². The Labute approximate surface area is 109 Å². The molecule has 0 bridgehead atoms. The van der Waals surface area contributed by atoms with Gasteiger partial charge in [-0.2, -0.15) is 0 Å². The summed E-state index contributed by atoms with van der Waals surface area (Å²) in [6, 6.07) is 0. The van der Waals surface area contributed by atoms with Gasteiger partial charge in [-0.15, -0.1) is 0 Å². The summed E-state index contributed by atoms with van der Waals surface area (Å²) < 4.78 is 0. The van der Waals surface area contributed by atoms with Crippen LogP contribution in [0.15, 0.2) is 0 Å². The first-order chi connectivity index (χ1) is 8.17. The smallest absolute Gasteiger partial charge is 0.00179 e. The van der Waals surface area contributed by atoms with Gasteiger partial charge in [-0.25, -0.2) is 0 Å². The van der Waals surface area contributed by atoms with Crippen LogP contribution < -0.4 is 5.32 Å². The molecule has 1 heteroatoms. The Morgan fingerprint density at radius 2 is 1.94 bits per heavy atom. The van der Waals surface area contributed by atoms with Gasteiger partial charge in [-0.1, -0.05) is 40.5 Å². The third-order valence-corrected chi connectivity index (χ3v) is 4.64. The molecule has 1 aliphatic carbocycles. The summed E-state index contributed by atoms with van der Waals surface area (Å²) in [5.41, 5.74) is 0. The van der Waals surface area contributed by atoms with E-state index >= 15 is 0 Å². The zero-order chi connectivity index (χ0) is 12.7. The summed E-state index contributed by atoms with van der Waals surface area (Å²) in [7, 11) is 0. The molecule has 0 aromatic carbocycles. The summed E-state index contributed by atoms with van der Waals surface area (Å²) in [5.74, 6) is 3.82. The lowest BCUT2D eigenvalue weighted by atomic mass is 9.71. The van der Waals surface area contributed by atoms with Gasteiger partial charge < -0.3 is 5.32 Å². The molecular weight excluding hydrogens is 206 g/mol. The lowest BCUT2D eigenvalue weighted by molar-refractivity contribution is 0.157. The zero-order valence-corrected chi connectivity index (χ0v) is 12.5. The van der Waals surface area contributed by atoms with Gasteiger partial charge in [0.15, 0.2) is 0 Å². The predicted octanol–water partition coefficient (Wildman–Crippen LogP) is 4.47. The lowest BCUT2D eigenvalue weighted by Crippen LogP contribution is -2.33. The van der Waals surface area contributed by atoms with E-state index in [1.165, 1.54) is 51.6 Å². The van der Waals surface area contributed by atoms with Crippen LogP contribution in [0.1, 0.15) is 66.2 Å². The minimum absolute atomic E-state index is 0.916. The highest BCUT2D eigenvalue weighted by Crippen LogP contribution is 2.37. The van der Waals surface area contributed by atoms with Crippen LogP contribution in [0.3, 0.4) is 0 Å². The Morgan fingerprint density at radius 1 is 1.18 bits per heavy atom. The Balaban J connectivity index is 2.40. The van der Waals surface area contributed by atoms with Crippen LogP contribution in [0, 0.1) is 23.7 Å². The van der Waals surface area contributed by atoms with Gasteiger partial charge in [-0.3, -0.25) is 0 Å². The van der Waals surface area contributed by atoms with Crippen molar-refractivity contribution in [1.82, 2.24) is 5.32 Å². The van der Waals surface area contributed by atoms with E-state index in [0.29, 0.717) is 0 Å². The van der Waals surface area contributed by atoms with Crippen molar-refractivity contribution in [3.63, 3.8) is 0 Å². The second kappa shape index (κ2) is 8.13. The summed E-state index contributed by atoms with van der Waals surface area (Å²) in [6.07, 6.45) is 8.45. The van der Waals surface area contributed by atoms with Gasteiger partial charge in [0, 0.05) is 0 Å². The summed E-state index contributed by atoms with van der Waals surface area (Å²) in [4.78, 5) is 0. The first kappa shape index (κ1) is 15.0. The second-order valence-corrected chi connectivity index (χ2v) is 6.39. The van der Waals surface area contributed by atoms with Crippen LogP contribution in [-0.2, 0) is 0 Å². The van der Waals surface area contributed by atoms with Crippen molar-refractivity contribution in [2.75, 3.05) is 13.1 Å². The van der Waals surface area contributed by atoms with Crippen LogP contribution in [0.25, 0.3) is 0 Å². The lowest BCUT2D eigenvalue weighted by Gasteiger charge is -2.36. The van der Waals surface area contributed by atoms with Gasteiger partial charge in [0.1, 0.15) is 0 Å². The van der Waals surface area contributed by atoms with E-state index in [9.17, 15) is 0 Å². The van der Waals surface area contributed by atoms with Crippen molar-refractivity contribution in [2.24, 2.45) is 23.7 Å². The molecule has 1 rings (SSSR count). The number of hydrogen-bond donors (Lipinski definition) is 1. The molecule has 0 aliphatic heterocycles. The van der Waals surface area contributed by atoms with E-state index in [-0.39, 0.29) is 0 Å². The fraction of sp³-hybridized carbons (Fsp3) is 1.00. The molecule has 0 radical (unpaired) electrons. The molecule has 4 unspecified atom stereocenters. The first-order valence-corrected chi connectivity index (χ1v) is 7.88. The summed E-state index contributed by atoms with van der Waals surface area (Å²) in [6.45, 7) is 11.9. The monoisotopic (exact) mass is 239 g/mol. The maximum atomic E-state index is 3.64. The van der Waals surface area contributed by atoms with Gasteiger partial charge in [-0.05, 0) is 62.4 Å². The average molecular weight is 239 g/mol. The van der Waals surface area contributed by atoms with Crippen LogP contribution in [0.2, 0.25) is 0 Å². The van der Waals surface area contributed by atoms with E-state index in [1.54, 1.807) is 0 Å². The fourth-order valence-corrected chi connectivity index (χ4v) is 3.27. The third-order valence-electron chi connectivity index (χ3n) is 4.64. The number of nitrogens with one attached hydrogen (secondary N) is 1. The standard InChI is InChI=1S/C16H33N/c1-5-9-17-12-15-8-7-14(4)11-16(15)10-13(3)6-2/h13-17H,5-12H2,1-4H3. The highest BCUT2D eigenvalue weighted by Gasteiger charge is 2.28. The van der Waals surface area contributed by atoms with Crippen LogP contribution in [-0.4, -0.2) is 13.1 Å². The molecule has 0 amide bonds. The molecule has 102 valence electrons.